The van der Waals surface area contributed by atoms with E-state index in [1.54, 1.807) is 11.8 Å². The lowest BCUT2D eigenvalue weighted by Gasteiger charge is -2.09. The molecule has 27 heavy (non-hydrogen) atoms. The zero-order chi connectivity index (χ0) is 18.8. The number of hydrogen-bond acceptors (Lipinski definition) is 3. The van der Waals surface area contributed by atoms with E-state index in [9.17, 15) is 5.11 Å². The van der Waals surface area contributed by atoms with Crippen molar-refractivity contribution in [2.24, 2.45) is 0 Å². The molecule has 3 aromatic carbocycles. The summed E-state index contributed by atoms with van der Waals surface area (Å²) in [6.07, 6.45) is 0. The van der Waals surface area contributed by atoms with Gasteiger partial charge in [-0.25, -0.2) is 4.68 Å². The lowest BCUT2D eigenvalue weighted by Crippen LogP contribution is -1.99. The second-order valence-corrected chi connectivity index (χ2v) is 6.39. The second kappa shape index (κ2) is 7.00. The van der Waals surface area contributed by atoms with Gasteiger partial charge in [0.25, 0.3) is 0 Å². The predicted molar refractivity (Wildman–Crippen MR) is 107 cm³/mol. The van der Waals surface area contributed by atoms with Crippen LogP contribution in [0, 0.1) is 6.92 Å². The van der Waals surface area contributed by atoms with Crippen molar-refractivity contribution in [1.82, 2.24) is 9.78 Å². The van der Waals surface area contributed by atoms with Gasteiger partial charge in [0.2, 0.25) is 0 Å². The van der Waals surface area contributed by atoms with E-state index in [-0.39, 0.29) is 5.75 Å². The molecule has 134 valence electrons. The zero-order valence-electron chi connectivity index (χ0n) is 15.3. The normalized spacial score (nSPS) is 10.7. The minimum Gasteiger partial charge on any atom is -0.504 e. The van der Waals surface area contributed by atoms with Crippen molar-refractivity contribution in [2.75, 3.05) is 7.11 Å². The largest absolute Gasteiger partial charge is 0.504 e. The van der Waals surface area contributed by atoms with E-state index in [4.69, 9.17) is 9.84 Å². The van der Waals surface area contributed by atoms with Gasteiger partial charge in [-0.2, -0.15) is 5.10 Å². The fraction of sp³-hybridized carbons (Fsp3) is 0.0870. The SMILES string of the molecule is COc1ccc(-n2nc(-c3ccccc3)c(O)c2-c2cccc(C)c2)cc1. The summed E-state index contributed by atoms with van der Waals surface area (Å²) in [5, 5.41) is 15.8. The molecule has 0 aliphatic rings. The van der Waals surface area contributed by atoms with Gasteiger partial charge >= 0.3 is 0 Å². The highest BCUT2D eigenvalue weighted by molar-refractivity contribution is 5.79. The van der Waals surface area contributed by atoms with Crippen molar-refractivity contribution >= 4 is 0 Å². The molecule has 0 fully saturated rings. The molecule has 4 rings (SSSR count). The molecule has 0 spiro atoms. The van der Waals surface area contributed by atoms with Crippen LogP contribution in [0.15, 0.2) is 78.9 Å². The van der Waals surface area contributed by atoms with Crippen LogP contribution in [0.1, 0.15) is 5.56 Å². The Morgan fingerprint density at radius 1 is 0.852 bits per heavy atom. The van der Waals surface area contributed by atoms with Gasteiger partial charge in [0.15, 0.2) is 5.75 Å². The predicted octanol–water partition coefficient (Wildman–Crippen LogP) is 5.23. The molecule has 4 nitrogen and oxygen atoms in total. The highest BCUT2D eigenvalue weighted by Gasteiger charge is 2.21. The van der Waals surface area contributed by atoms with Crippen LogP contribution in [0.25, 0.3) is 28.2 Å². The maximum atomic E-state index is 11.1. The van der Waals surface area contributed by atoms with Gasteiger partial charge in [-0.1, -0.05) is 54.1 Å². The van der Waals surface area contributed by atoms with Crippen LogP contribution in [-0.2, 0) is 0 Å². The summed E-state index contributed by atoms with van der Waals surface area (Å²) < 4.78 is 7.04. The standard InChI is InChI=1S/C23H20N2O2/c1-16-7-6-10-18(15-16)22-23(26)21(17-8-4-3-5-9-17)24-25(22)19-11-13-20(27-2)14-12-19/h3-15,26H,1-2H3. The Bertz CT molecular complexity index is 1070. The number of aromatic hydroxyl groups is 1. The summed E-state index contributed by atoms with van der Waals surface area (Å²) >= 11 is 0. The average Bonchev–Trinajstić information content (AvgIpc) is 3.06. The first-order valence-electron chi connectivity index (χ1n) is 8.76. The minimum absolute atomic E-state index is 0.169. The molecule has 0 amide bonds. The molecule has 0 aliphatic heterocycles. The Labute approximate surface area is 158 Å². The van der Waals surface area contributed by atoms with Crippen LogP contribution >= 0.6 is 0 Å². The van der Waals surface area contributed by atoms with Crippen molar-refractivity contribution in [3.8, 4) is 39.7 Å². The van der Waals surface area contributed by atoms with Crippen molar-refractivity contribution in [3.05, 3.63) is 84.4 Å². The van der Waals surface area contributed by atoms with Gasteiger partial charge in [0.05, 0.1) is 12.8 Å². The van der Waals surface area contributed by atoms with Crippen LogP contribution < -0.4 is 4.74 Å². The maximum absolute atomic E-state index is 11.1. The Morgan fingerprint density at radius 2 is 1.56 bits per heavy atom. The molecule has 4 heteroatoms. The van der Waals surface area contributed by atoms with Crippen LogP contribution in [0.2, 0.25) is 0 Å². The summed E-state index contributed by atoms with van der Waals surface area (Å²) in [6, 6.07) is 25.4. The van der Waals surface area contributed by atoms with Crippen molar-refractivity contribution < 1.29 is 9.84 Å². The van der Waals surface area contributed by atoms with E-state index in [1.807, 2.05) is 85.8 Å². The molecule has 1 aromatic heterocycles. The number of nitrogens with zero attached hydrogens (tertiary/aromatic N) is 2. The van der Waals surface area contributed by atoms with Crippen molar-refractivity contribution in [3.63, 3.8) is 0 Å². The number of benzene rings is 3. The highest BCUT2D eigenvalue weighted by Crippen LogP contribution is 2.39. The Hall–Kier alpha value is -3.53. The van der Waals surface area contributed by atoms with Crippen LogP contribution in [0.5, 0.6) is 11.5 Å². The summed E-state index contributed by atoms with van der Waals surface area (Å²) in [5.41, 5.74) is 4.99. The van der Waals surface area contributed by atoms with Gasteiger partial charge in [-0.05, 0) is 37.3 Å². The molecular weight excluding hydrogens is 336 g/mol. The van der Waals surface area contributed by atoms with E-state index in [0.29, 0.717) is 11.4 Å². The molecule has 4 aromatic rings. The molecule has 1 heterocycles. The molecule has 0 unspecified atom stereocenters. The summed E-state index contributed by atoms with van der Waals surface area (Å²) in [6.45, 7) is 2.03. The van der Waals surface area contributed by atoms with Gasteiger partial charge < -0.3 is 9.84 Å². The number of aryl methyl sites for hydroxylation is 1. The van der Waals surface area contributed by atoms with Gasteiger partial charge in [0, 0.05) is 11.1 Å². The van der Waals surface area contributed by atoms with Crippen molar-refractivity contribution in [1.29, 1.82) is 0 Å². The lowest BCUT2D eigenvalue weighted by molar-refractivity contribution is 0.414. The quantitative estimate of drug-likeness (QED) is 0.545. The number of hydrogen-bond donors (Lipinski definition) is 1. The fourth-order valence-corrected chi connectivity index (χ4v) is 3.16. The number of aromatic nitrogens is 2. The molecular formula is C23H20N2O2. The molecule has 0 saturated carbocycles. The smallest absolute Gasteiger partial charge is 0.170 e. The summed E-state index contributed by atoms with van der Waals surface area (Å²) in [7, 11) is 1.64. The Kier molecular flexibility index (Phi) is 4.38. The highest BCUT2D eigenvalue weighted by atomic mass is 16.5. The Morgan fingerprint density at radius 3 is 2.22 bits per heavy atom. The molecule has 0 aliphatic carbocycles. The minimum atomic E-state index is 0.169. The first-order valence-corrected chi connectivity index (χ1v) is 8.76. The fourth-order valence-electron chi connectivity index (χ4n) is 3.16. The molecule has 0 saturated heterocycles. The number of ether oxygens (including phenoxy) is 1. The third-order valence-electron chi connectivity index (χ3n) is 4.52. The van der Waals surface area contributed by atoms with Crippen molar-refractivity contribution in [2.45, 2.75) is 6.92 Å². The maximum Gasteiger partial charge on any atom is 0.170 e. The third kappa shape index (κ3) is 3.17. The van der Waals surface area contributed by atoms with Crippen LogP contribution in [0.4, 0.5) is 0 Å². The van der Waals surface area contributed by atoms with E-state index in [0.717, 1.165) is 28.1 Å². The first-order chi connectivity index (χ1) is 13.2. The van der Waals surface area contributed by atoms with Gasteiger partial charge in [0.1, 0.15) is 17.1 Å². The topological polar surface area (TPSA) is 47.3 Å². The summed E-state index contributed by atoms with van der Waals surface area (Å²) in [5.74, 6) is 0.943. The average molecular weight is 356 g/mol. The van der Waals surface area contributed by atoms with Crippen LogP contribution in [-0.4, -0.2) is 22.0 Å². The first kappa shape index (κ1) is 16.9. The van der Waals surface area contributed by atoms with Gasteiger partial charge in [-0.15, -0.1) is 0 Å². The third-order valence-corrected chi connectivity index (χ3v) is 4.52. The van der Waals surface area contributed by atoms with Gasteiger partial charge in [-0.3, -0.25) is 0 Å². The zero-order valence-corrected chi connectivity index (χ0v) is 15.3. The van der Waals surface area contributed by atoms with E-state index in [2.05, 4.69) is 0 Å². The number of methoxy groups -OCH3 is 1. The lowest BCUT2D eigenvalue weighted by atomic mass is 10.1. The molecule has 0 bridgehead atoms. The van der Waals surface area contributed by atoms with E-state index >= 15 is 0 Å². The van der Waals surface area contributed by atoms with E-state index in [1.165, 1.54) is 0 Å². The molecule has 0 atom stereocenters. The monoisotopic (exact) mass is 356 g/mol. The van der Waals surface area contributed by atoms with E-state index < -0.39 is 0 Å². The Balaban J connectivity index is 1.95. The molecule has 1 N–H and O–H groups in total. The second-order valence-electron chi connectivity index (χ2n) is 6.39. The van der Waals surface area contributed by atoms with Crippen LogP contribution in [0.3, 0.4) is 0 Å². The molecule has 0 radical (unpaired) electrons. The summed E-state index contributed by atoms with van der Waals surface area (Å²) in [4.78, 5) is 0. The number of rotatable bonds is 4.